The van der Waals surface area contributed by atoms with Crippen LogP contribution in [0.25, 0.3) is 0 Å². The third-order valence-corrected chi connectivity index (χ3v) is 16.0. The molecule has 2 rings (SSSR count). The molecule has 2 fully saturated rings. The summed E-state index contributed by atoms with van der Waals surface area (Å²) in [5, 5.41) is 10.8. The van der Waals surface area contributed by atoms with Gasteiger partial charge in [0.1, 0.15) is 5.60 Å². The van der Waals surface area contributed by atoms with E-state index in [9.17, 15) is 5.11 Å². The van der Waals surface area contributed by atoms with Gasteiger partial charge in [0.15, 0.2) is 16.6 Å². The van der Waals surface area contributed by atoms with Gasteiger partial charge >= 0.3 is 0 Å². The first-order valence-corrected chi connectivity index (χ1v) is 15.5. The monoisotopic (exact) mass is 388 g/mol. The molecule has 1 aliphatic heterocycles. The molecule has 148 valence electrons. The summed E-state index contributed by atoms with van der Waals surface area (Å²) >= 11 is 0. The predicted molar refractivity (Wildman–Crippen MR) is 108 cm³/mol. The topological polar surface area (TPSA) is 51.2 Å². The summed E-state index contributed by atoms with van der Waals surface area (Å²) in [6.07, 6.45) is 0.812. The molecule has 0 radical (unpaired) electrons. The van der Waals surface area contributed by atoms with Crippen LogP contribution in [0, 0.1) is 0 Å². The third-order valence-electron chi connectivity index (χ3n) is 7.03. The van der Waals surface area contributed by atoms with E-state index in [1.54, 1.807) is 0 Å². The largest absolute Gasteiger partial charge is 0.411 e. The van der Waals surface area contributed by atoms with Gasteiger partial charge in [-0.3, -0.25) is 0 Å². The number of hydrogen-bond donors (Lipinski definition) is 1. The van der Waals surface area contributed by atoms with Crippen LogP contribution in [0.1, 0.15) is 54.4 Å². The summed E-state index contributed by atoms with van der Waals surface area (Å²) in [4.78, 5) is 0. The molecule has 0 aromatic carbocycles. The summed E-state index contributed by atoms with van der Waals surface area (Å²) in [5.41, 5.74) is -0.343. The van der Waals surface area contributed by atoms with Gasteiger partial charge < -0.3 is 18.7 Å². The minimum Gasteiger partial charge on any atom is -0.411 e. The molecule has 1 heterocycles. The second kappa shape index (κ2) is 6.41. The lowest BCUT2D eigenvalue weighted by molar-refractivity contribution is -0.0762. The van der Waals surface area contributed by atoms with Crippen molar-refractivity contribution in [1.29, 1.82) is 0 Å². The molecule has 2 aliphatic rings. The maximum absolute atomic E-state index is 10.5. The number of hydrogen-bond acceptors (Lipinski definition) is 4. The molecule has 1 N–H and O–H groups in total. The van der Waals surface area contributed by atoms with Crippen LogP contribution in [0.3, 0.4) is 0 Å². The fraction of sp³-hybridized carbons (Fsp3) is 1.00. The lowest BCUT2D eigenvalue weighted by Gasteiger charge is -2.48. The van der Waals surface area contributed by atoms with Crippen molar-refractivity contribution >= 4 is 16.6 Å². The van der Waals surface area contributed by atoms with E-state index in [0.717, 1.165) is 0 Å². The highest BCUT2D eigenvalue weighted by atomic mass is 28.4. The summed E-state index contributed by atoms with van der Waals surface area (Å²) < 4.78 is 19.4. The van der Waals surface area contributed by atoms with E-state index in [2.05, 4.69) is 67.7 Å². The highest BCUT2D eigenvalue weighted by Gasteiger charge is 2.64. The van der Waals surface area contributed by atoms with E-state index in [4.69, 9.17) is 13.6 Å². The second-order valence-corrected chi connectivity index (χ2v) is 20.6. The molecule has 2 atom stereocenters. The SMILES string of the molecule is CC(C)(C)[Si](C)(C)O[C@@H]1CC(O)C[C@@H](O[Si](C)(C)C(C)(C)C)C12CO2. The first-order chi connectivity index (χ1) is 11.0. The Morgan fingerprint density at radius 3 is 1.40 bits per heavy atom. The Morgan fingerprint density at radius 1 is 0.840 bits per heavy atom. The van der Waals surface area contributed by atoms with E-state index in [0.29, 0.717) is 19.4 Å². The summed E-state index contributed by atoms with van der Waals surface area (Å²) in [6.45, 7) is 23.3. The van der Waals surface area contributed by atoms with E-state index in [-0.39, 0.29) is 34.0 Å². The summed E-state index contributed by atoms with van der Waals surface area (Å²) in [5.74, 6) is 0. The molecule has 4 nitrogen and oxygen atoms in total. The molecule has 0 unspecified atom stereocenters. The molecule has 0 bridgehead atoms. The van der Waals surface area contributed by atoms with Gasteiger partial charge in [-0.2, -0.15) is 0 Å². The van der Waals surface area contributed by atoms with Crippen LogP contribution in [0.15, 0.2) is 0 Å². The zero-order chi connectivity index (χ0) is 19.5. The zero-order valence-corrected chi connectivity index (χ0v) is 20.0. The summed E-state index contributed by atoms with van der Waals surface area (Å²) in [7, 11) is -3.86. The normalized spacial score (nSPS) is 34.4. The number of rotatable bonds is 4. The quantitative estimate of drug-likeness (QED) is 0.560. The minimum absolute atomic E-state index is 0.0630. The maximum Gasteiger partial charge on any atom is 0.192 e. The van der Waals surface area contributed by atoms with Crippen molar-refractivity contribution in [2.75, 3.05) is 6.61 Å². The standard InChI is InChI=1S/C19H40O4Si2/c1-17(2,3)24(7,8)22-15-11-14(20)12-16(19(15)13-21-19)23-25(9,10)18(4,5)6/h14-16,20H,11-13H2,1-10H3/t14?,15-,16-,19?/m1/s1. The van der Waals surface area contributed by atoms with Crippen molar-refractivity contribution in [1.82, 2.24) is 0 Å². The third kappa shape index (κ3) is 4.24. The molecule has 6 heteroatoms. The average molecular weight is 389 g/mol. The van der Waals surface area contributed by atoms with Crippen molar-refractivity contribution in [3.8, 4) is 0 Å². The van der Waals surface area contributed by atoms with E-state index in [1.165, 1.54) is 0 Å². The smallest absolute Gasteiger partial charge is 0.192 e. The van der Waals surface area contributed by atoms with Crippen molar-refractivity contribution < 1.29 is 18.7 Å². The van der Waals surface area contributed by atoms with Gasteiger partial charge in [0, 0.05) is 12.8 Å². The minimum atomic E-state index is -1.93. The van der Waals surface area contributed by atoms with Gasteiger partial charge in [0.2, 0.25) is 0 Å². The molecule has 1 saturated heterocycles. The Morgan fingerprint density at radius 2 is 1.16 bits per heavy atom. The molecule has 1 aliphatic carbocycles. The highest BCUT2D eigenvalue weighted by Crippen LogP contribution is 2.50. The summed E-state index contributed by atoms with van der Waals surface area (Å²) in [6, 6.07) is 0. The molecule has 1 spiro atoms. The first kappa shape index (κ1) is 21.6. The van der Waals surface area contributed by atoms with Crippen LogP contribution in [-0.4, -0.2) is 52.3 Å². The fourth-order valence-electron chi connectivity index (χ4n) is 3.01. The molecule has 0 aromatic heterocycles. The number of epoxide rings is 1. The van der Waals surface area contributed by atoms with Gasteiger partial charge in [-0.15, -0.1) is 0 Å². The van der Waals surface area contributed by atoms with Crippen molar-refractivity contribution in [3.63, 3.8) is 0 Å². The van der Waals surface area contributed by atoms with Crippen LogP contribution in [0.5, 0.6) is 0 Å². The van der Waals surface area contributed by atoms with Gasteiger partial charge in [-0.25, -0.2) is 0 Å². The fourth-order valence-corrected chi connectivity index (χ4v) is 5.73. The molecule has 0 aromatic rings. The molecular formula is C19H40O4Si2. The molecular weight excluding hydrogens is 348 g/mol. The average Bonchev–Trinajstić information content (AvgIpc) is 3.13. The van der Waals surface area contributed by atoms with Gasteiger partial charge in [-0.1, -0.05) is 41.5 Å². The van der Waals surface area contributed by atoms with Crippen LogP contribution in [-0.2, 0) is 13.6 Å². The zero-order valence-electron chi connectivity index (χ0n) is 18.0. The lowest BCUT2D eigenvalue weighted by atomic mass is 9.82. The number of aliphatic hydroxyl groups excluding tert-OH is 1. The number of aliphatic hydroxyl groups is 1. The van der Waals surface area contributed by atoms with Crippen molar-refractivity contribution in [3.05, 3.63) is 0 Å². The van der Waals surface area contributed by atoms with Gasteiger partial charge in [-0.05, 0) is 36.3 Å². The molecule has 0 amide bonds. The second-order valence-electron chi connectivity index (χ2n) is 11.1. The van der Waals surface area contributed by atoms with E-state index >= 15 is 0 Å². The van der Waals surface area contributed by atoms with Crippen LogP contribution in [0.4, 0.5) is 0 Å². The van der Waals surface area contributed by atoms with Gasteiger partial charge in [0.05, 0.1) is 24.9 Å². The predicted octanol–water partition coefficient (Wildman–Crippen LogP) is 4.69. The number of ether oxygens (including phenoxy) is 1. The lowest BCUT2D eigenvalue weighted by Crippen LogP contribution is -2.59. The van der Waals surface area contributed by atoms with Crippen LogP contribution < -0.4 is 0 Å². The Kier molecular flexibility index (Phi) is 5.54. The Balaban J connectivity index is 2.22. The molecule has 1 saturated carbocycles. The Bertz CT molecular complexity index is 447. The van der Waals surface area contributed by atoms with E-state index in [1.807, 2.05) is 0 Å². The van der Waals surface area contributed by atoms with Gasteiger partial charge in [0.25, 0.3) is 0 Å². The van der Waals surface area contributed by atoms with Crippen LogP contribution >= 0.6 is 0 Å². The molecule has 25 heavy (non-hydrogen) atoms. The van der Waals surface area contributed by atoms with Crippen molar-refractivity contribution in [2.24, 2.45) is 0 Å². The highest BCUT2D eigenvalue weighted by molar-refractivity contribution is 6.74. The Labute approximate surface area is 156 Å². The van der Waals surface area contributed by atoms with E-state index < -0.39 is 16.6 Å². The Hall–Kier alpha value is 0.274. The first-order valence-electron chi connectivity index (χ1n) is 9.69. The van der Waals surface area contributed by atoms with Crippen LogP contribution in [0.2, 0.25) is 36.3 Å². The maximum atomic E-state index is 10.5. The van der Waals surface area contributed by atoms with Crippen molar-refractivity contribution in [2.45, 2.75) is 115 Å².